The number of ether oxygens (including phenoxy) is 3. The zero-order valence-electron chi connectivity index (χ0n) is 33.7. The van der Waals surface area contributed by atoms with E-state index in [4.69, 9.17) is 25.1 Å². The van der Waals surface area contributed by atoms with Crippen molar-refractivity contribution in [1.29, 1.82) is 0 Å². The Hall–Kier alpha value is -3.38. The number of carbonyl (C=O) groups is 6. The fourth-order valence-electron chi connectivity index (χ4n) is 6.31. The highest BCUT2D eigenvalue weighted by atomic mass is 16.6. The van der Waals surface area contributed by atoms with Crippen molar-refractivity contribution < 1.29 is 63.4 Å². The fourth-order valence-corrected chi connectivity index (χ4v) is 6.31. The minimum Gasteiger partial charge on any atom is -0.481 e. The van der Waals surface area contributed by atoms with Gasteiger partial charge in [0.05, 0.1) is 13.2 Å². The van der Waals surface area contributed by atoms with Gasteiger partial charge >= 0.3 is 11.9 Å². The Balaban J connectivity index is 2.41. The number of aliphatic carboxylic acids is 1. The van der Waals surface area contributed by atoms with Gasteiger partial charge in [0, 0.05) is 19.3 Å². The third kappa shape index (κ3) is 21.8. The minimum absolute atomic E-state index is 0.0881. The quantitative estimate of drug-likeness (QED) is 0.0359. The third-order valence-electron chi connectivity index (χ3n) is 9.79. The van der Waals surface area contributed by atoms with E-state index in [9.17, 15) is 44.1 Å². The van der Waals surface area contributed by atoms with E-state index in [0.717, 1.165) is 44.9 Å². The summed E-state index contributed by atoms with van der Waals surface area (Å²) >= 11 is 0. The number of hydrogen-bond acceptors (Lipinski definition) is 12. The summed E-state index contributed by atoms with van der Waals surface area (Å²) in [4.78, 5) is 72.9. The van der Waals surface area contributed by atoms with E-state index in [2.05, 4.69) is 22.9 Å². The second-order valence-corrected chi connectivity index (χ2v) is 14.7. The molecule has 17 nitrogen and oxygen atoms in total. The summed E-state index contributed by atoms with van der Waals surface area (Å²) in [6, 6.07) is -3.82. The largest absolute Gasteiger partial charge is 0.481 e. The van der Waals surface area contributed by atoms with Gasteiger partial charge in [0.15, 0.2) is 6.29 Å². The van der Waals surface area contributed by atoms with E-state index in [1.807, 2.05) is 0 Å². The van der Waals surface area contributed by atoms with Crippen LogP contribution in [0, 0.1) is 0 Å². The maximum Gasteiger partial charge on any atom is 0.305 e. The molecule has 0 radical (unpaired) electrons. The van der Waals surface area contributed by atoms with Crippen LogP contribution in [-0.4, -0.2) is 118 Å². The first kappa shape index (κ1) is 50.6. The molecular formula is C39H70N4O13. The molecule has 1 heterocycles. The SMILES string of the molecule is CCCCCCCCCCCCCC(=O)OCCCCCCCC(=O)N[C@H]1C(O)O[C@H](CO)[C@@H](O)[C@@H]1O[C@H](C)C(=O)N[C@@H](C)C(=O)N[C@H](CCC(=O)O)C(N)=O. The number of nitrogens with one attached hydrogen (secondary N) is 3. The number of rotatable bonds is 32. The van der Waals surface area contributed by atoms with Gasteiger partial charge in [0.1, 0.15) is 42.5 Å². The molecule has 56 heavy (non-hydrogen) atoms. The van der Waals surface area contributed by atoms with Crippen LogP contribution in [0.25, 0.3) is 0 Å². The number of aliphatic hydroxyl groups excluding tert-OH is 3. The first-order valence-corrected chi connectivity index (χ1v) is 20.6. The van der Waals surface area contributed by atoms with E-state index in [1.165, 1.54) is 65.2 Å². The standard InChI is InChI=1S/C39H70N4O13/c1-4-5-6-7-8-9-10-11-12-15-18-21-32(48)54-24-19-16-13-14-17-20-30(45)43-33-35(34(49)29(25-44)56-39(33)53)55-27(3)38(52)41-26(2)37(51)42-28(36(40)50)22-23-31(46)47/h26-29,33-35,39,44,49,53H,4-25H2,1-3H3,(H2,40,50)(H,41,52)(H,42,51)(H,43,45)(H,46,47)/t26-,27+,28+,29+,33+,34+,35+,39?/m0/s1. The van der Waals surface area contributed by atoms with E-state index in [1.54, 1.807) is 0 Å². The second kappa shape index (κ2) is 29.8. The second-order valence-electron chi connectivity index (χ2n) is 14.7. The zero-order chi connectivity index (χ0) is 41.9. The van der Waals surface area contributed by atoms with Crippen LogP contribution in [0.15, 0.2) is 0 Å². The van der Waals surface area contributed by atoms with Crippen LogP contribution >= 0.6 is 0 Å². The maximum atomic E-state index is 12.9. The molecule has 9 N–H and O–H groups in total. The predicted octanol–water partition coefficient (Wildman–Crippen LogP) is 2.24. The third-order valence-corrected chi connectivity index (χ3v) is 9.79. The number of aliphatic hydroxyl groups is 3. The Morgan fingerprint density at radius 2 is 1.30 bits per heavy atom. The molecule has 0 aromatic heterocycles. The summed E-state index contributed by atoms with van der Waals surface area (Å²) in [7, 11) is 0. The lowest BCUT2D eigenvalue weighted by Gasteiger charge is -2.43. The van der Waals surface area contributed by atoms with Crippen molar-refractivity contribution in [3.05, 3.63) is 0 Å². The summed E-state index contributed by atoms with van der Waals surface area (Å²) in [5.74, 6) is -4.42. The number of esters is 1. The first-order valence-electron chi connectivity index (χ1n) is 20.6. The highest BCUT2D eigenvalue weighted by Gasteiger charge is 2.47. The normalized spacial score (nSPS) is 21.0. The molecule has 4 amide bonds. The summed E-state index contributed by atoms with van der Waals surface area (Å²) in [6.45, 7) is 4.51. The Morgan fingerprint density at radius 3 is 1.86 bits per heavy atom. The number of nitrogens with two attached hydrogens (primary N) is 1. The number of amides is 4. The van der Waals surface area contributed by atoms with Crippen LogP contribution in [0.5, 0.6) is 0 Å². The van der Waals surface area contributed by atoms with Crippen LogP contribution in [0.2, 0.25) is 0 Å². The first-order chi connectivity index (χ1) is 26.7. The predicted molar refractivity (Wildman–Crippen MR) is 206 cm³/mol. The molecule has 8 atom stereocenters. The molecule has 1 unspecified atom stereocenters. The van der Waals surface area contributed by atoms with Crippen molar-refractivity contribution in [2.24, 2.45) is 5.73 Å². The van der Waals surface area contributed by atoms with Crippen molar-refractivity contribution in [2.45, 2.75) is 198 Å². The van der Waals surface area contributed by atoms with E-state index in [-0.39, 0.29) is 18.8 Å². The van der Waals surface area contributed by atoms with E-state index >= 15 is 0 Å². The average molecular weight is 803 g/mol. The molecule has 0 saturated carbocycles. The Bertz CT molecular complexity index is 1180. The number of carboxylic acid groups (broad SMARTS) is 1. The Labute approximate surface area is 331 Å². The van der Waals surface area contributed by atoms with Crippen LogP contribution in [0.4, 0.5) is 0 Å². The number of primary amides is 1. The van der Waals surface area contributed by atoms with E-state index in [0.29, 0.717) is 19.4 Å². The van der Waals surface area contributed by atoms with Gasteiger partial charge < -0.3 is 56.3 Å². The number of carboxylic acids is 1. The van der Waals surface area contributed by atoms with Gasteiger partial charge in [-0.1, -0.05) is 90.4 Å². The highest BCUT2D eigenvalue weighted by molar-refractivity contribution is 5.92. The van der Waals surface area contributed by atoms with Gasteiger partial charge in [-0.3, -0.25) is 28.8 Å². The summed E-state index contributed by atoms with van der Waals surface area (Å²) in [6.07, 6.45) is 9.59. The monoisotopic (exact) mass is 802 g/mol. The van der Waals surface area contributed by atoms with Crippen LogP contribution in [0.3, 0.4) is 0 Å². The molecule has 1 aliphatic rings. The summed E-state index contributed by atoms with van der Waals surface area (Å²) in [5.41, 5.74) is 5.25. The fraction of sp³-hybridized carbons (Fsp3) is 0.846. The summed E-state index contributed by atoms with van der Waals surface area (Å²) in [5, 5.41) is 47.3. The molecular weight excluding hydrogens is 732 g/mol. The number of carbonyl (C=O) groups excluding carboxylic acids is 5. The molecule has 0 spiro atoms. The van der Waals surface area contributed by atoms with Gasteiger partial charge in [-0.15, -0.1) is 0 Å². The van der Waals surface area contributed by atoms with E-state index < -0.39 is 91.5 Å². The molecule has 17 heteroatoms. The molecule has 0 aromatic rings. The van der Waals surface area contributed by atoms with Gasteiger partial charge in [-0.25, -0.2) is 0 Å². The van der Waals surface area contributed by atoms with Gasteiger partial charge in [0.25, 0.3) is 0 Å². The van der Waals surface area contributed by atoms with Crippen molar-refractivity contribution in [3.8, 4) is 0 Å². The molecule has 324 valence electrons. The van der Waals surface area contributed by atoms with Crippen LogP contribution < -0.4 is 21.7 Å². The summed E-state index contributed by atoms with van der Waals surface area (Å²) < 4.78 is 16.4. The molecule has 0 aliphatic carbocycles. The maximum absolute atomic E-state index is 12.9. The smallest absolute Gasteiger partial charge is 0.305 e. The zero-order valence-corrected chi connectivity index (χ0v) is 33.7. The number of hydrogen-bond donors (Lipinski definition) is 8. The lowest BCUT2D eigenvalue weighted by Crippen LogP contribution is -2.66. The molecule has 1 fully saturated rings. The lowest BCUT2D eigenvalue weighted by atomic mass is 9.96. The molecule has 0 bridgehead atoms. The molecule has 0 aromatic carbocycles. The van der Waals surface area contributed by atoms with Crippen LogP contribution in [0.1, 0.15) is 149 Å². The molecule has 1 rings (SSSR count). The van der Waals surface area contributed by atoms with Crippen molar-refractivity contribution >= 4 is 35.6 Å². The highest BCUT2D eigenvalue weighted by Crippen LogP contribution is 2.24. The molecule has 1 aliphatic heterocycles. The number of unbranched alkanes of at least 4 members (excludes halogenated alkanes) is 14. The van der Waals surface area contributed by atoms with Crippen molar-refractivity contribution in [3.63, 3.8) is 0 Å². The molecule has 1 saturated heterocycles. The average Bonchev–Trinajstić information content (AvgIpc) is 3.15. The van der Waals surface area contributed by atoms with Crippen molar-refractivity contribution in [1.82, 2.24) is 16.0 Å². The Kier molecular flexibility index (Phi) is 26.9. The lowest BCUT2D eigenvalue weighted by molar-refractivity contribution is -0.266. The minimum atomic E-state index is -1.70. The topological polar surface area (TPSA) is 273 Å². The van der Waals surface area contributed by atoms with Gasteiger partial charge in [-0.05, 0) is 39.5 Å². The van der Waals surface area contributed by atoms with Crippen molar-refractivity contribution in [2.75, 3.05) is 13.2 Å². The van der Waals surface area contributed by atoms with Gasteiger partial charge in [0.2, 0.25) is 23.6 Å². The Morgan fingerprint density at radius 1 is 0.750 bits per heavy atom. The van der Waals surface area contributed by atoms with Crippen LogP contribution in [-0.2, 0) is 43.0 Å². The van der Waals surface area contributed by atoms with Gasteiger partial charge in [-0.2, -0.15) is 0 Å².